The molecule has 1 aromatic rings. The molecule has 0 aromatic heterocycles. The van der Waals surface area contributed by atoms with Crippen LogP contribution in [0.3, 0.4) is 0 Å². The first kappa shape index (κ1) is 28.7. The average molecular weight is 489 g/mol. The van der Waals surface area contributed by atoms with E-state index in [0.717, 1.165) is 17.4 Å². The van der Waals surface area contributed by atoms with Crippen LogP contribution in [0.4, 0.5) is 0 Å². The van der Waals surface area contributed by atoms with Gasteiger partial charge < -0.3 is 9.47 Å². The second kappa shape index (κ2) is 13.4. The molecule has 2 nitrogen and oxygen atoms in total. The van der Waals surface area contributed by atoms with Gasteiger partial charge in [-0.15, -0.1) is 0 Å². The van der Waals surface area contributed by atoms with Crippen molar-refractivity contribution < 1.29 is 27.9 Å². The van der Waals surface area contributed by atoms with Gasteiger partial charge in [0.05, 0.1) is 7.11 Å². The van der Waals surface area contributed by atoms with Gasteiger partial charge in [0.2, 0.25) is 0 Å². The van der Waals surface area contributed by atoms with Crippen molar-refractivity contribution in [2.75, 3.05) is 13.7 Å². The van der Waals surface area contributed by atoms with E-state index >= 15 is 0 Å². The Bertz CT molecular complexity index is 855. The van der Waals surface area contributed by atoms with Gasteiger partial charge >= 0.3 is 92.4 Å². The first-order chi connectivity index (χ1) is 14.9. The van der Waals surface area contributed by atoms with Crippen molar-refractivity contribution >= 4 is 6.66 Å². The molecule has 0 bridgehead atoms. The molecule has 0 amide bonds. The second-order valence-electron chi connectivity index (χ2n) is 9.78. The third kappa shape index (κ3) is 8.92. The summed E-state index contributed by atoms with van der Waals surface area (Å²) in [5, 5.41) is 0. The average Bonchev–Trinajstić information content (AvgIpc) is 2.92. The van der Waals surface area contributed by atoms with Crippen LogP contribution in [0.15, 0.2) is 74.4 Å². The SMILES string of the molecule is CC1=C(C)C(C)[C]([Ti][SiH](C)C)=C1C.CC=C(C=C(COc1ccccc1)C(C)(C)C)OC. The van der Waals surface area contributed by atoms with Gasteiger partial charge in [-0.05, 0) is 42.2 Å². The summed E-state index contributed by atoms with van der Waals surface area (Å²) < 4.78 is 13.0. The number of para-hydroxylation sites is 1. The molecule has 176 valence electrons. The van der Waals surface area contributed by atoms with Crippen molar-refractivity contribution in [2.24, 2.45) is 11.3 Å². The first-order valence-electron chi connectivity index (χ1n) is 11.7. The number of ether oxygens (including phenoxy) is 2. The van der Waals surface area contributed by atoms with Crippen LogP contribution in [-0.2, 0) is 23.1 Å². The third-order valence-corrected chi connectivity index (χ3v) is 12.3. The van der Waals surface area contributed by atoms with E-state index in [2.05, 4.69) is 67.6 Å². The molecular weight excluding hydrogens is 444 g/mol. The number of rotatable bonds is 7. The molecule has 0 N–H and O–H groups in total. The fourth-order valence-electron chi connectivity index (χ4n) is 3.49. The maximum absolute atomic E-state index is 5.83. The normalized spacial score (nSPS) is 17.4. The number of hydrogen-bond acceptors (Lipinski definition) is 2. The molecule has 32 heavy (non-hydrogen) atoms. The van der Waals surface area contributed by atoms with Crippen LogP contribution >= 0.6 is 0 Å². The van der Waals surface area contributed by atoms with E-state index in [0.29, 0.717) is 6.61 Å². The summed E-state index contributed by atoms with van der Waals surface area (Å²) in [5.41, 5.74) is 6.10. The molecule has 0 saturated heterocycles. The molecule has 0 aliphatic heterocycles. The summed E-state index contributed by atoms with van der Waals surface area (Å²) in [5.74, 6) is 2.54. The molecule has 0 fully saturated rings. The summed E-state index contributed by atoms with van der Waals surface area (Å²) >= 11 is 0.267. The fourth-order valence-corrected chi connectivity index (χ4v) is 10.3. The number of methoxy groups -OCH3 is 1. The Balaban J connectivity index is 0.000000343. The molecule has 1 unspecified atom stereocenters. The van der Waals surface area contributed by atoms with Gasteiger partial charge in [-0.1, -0.05) is 39.0 Å². The van der Waals surface area contributed by atoms with Crippen molar-refractivity contribution in [3.05, 3.63) is 74.4 Å². The van der Waals surface area contributed by atoms with Crippen LogP contribution < -0.4 is 4.74 Å². The van der Waals surface area contributed by atoms with Crippen LogP contribution in [0.1, 0.15) is 55.4 Å². The summed E-state index contributed by atoms with van der Waals surface area (Å²) in [4.78, 5) is 0. The van der Waals surface area contributed by atoms with E-state index in [1.165, 1.54) is 5.57 Å². The summed E-state index contributed by atoms with van der Waals surface area (Å²) in [6.45, 7) is 23.1. The first-order valence-corrected chi connectivity index (χ1v) is 18.0. The van der Waals surface area contributed by atoms with Gasteiger partial charge in [-0.25, -0.2) is 0 Å². The predicted molar refractivity (Wildman–Crippen MR) is 139 cm³/mol. The third-order valence-electron chi connectivity index (χ3n) is 6.02. The minimum Gasteiger partial charge on any atom is -0.497 e. The Kier molecular flexibility index (Phi) is 12.1. The smallest absolute Gasteiger partial charge is 0.119 e. The Morgan fingerprint density at radius 3 is 2.06 bits per heavy atom. The molecule has 0 saturated carbocycles. The molecular formula is C28H44O2SiTi. The Morgan fingerprint density at radius 1 is 1.06 bits per heavy atom. The maximum atomic E-state index is 5.83. The van der Waals surface area contributed by atoms with E-state index in [-0.39, 0.29) is 30.5 Å². The zero-order valence-corrected chi connectivity index (χ0v) is 24.9. The monoisotopic (exact) mass is 488 g/mol. The predicted octanol–water partition coefficient (Wildman–Crippen LogP) is 7.90. The summed E-state index contributed by atoms with van der Waals surface area (Å²) in [6.07, 6.45) is 4.01. The Labute approximate surface area is 207 Å². The van der Waals surface area contributed by atoms with Crippen molar-refractivity contribution in [1.29, 1.82) is 0 Å². The quantitative estimate of drug-likeness (QED) is 0.221. The number of allylic oxidation sites excluding steroid dienone is 6. The summed E-state index contributed by atoms with van der Waals surface area (Å²) in [7, 11) is 1.68. The van der Waals surface area contributed by atoms with Crippen LogP contribution in [0.25, 0.3) is 0 Å². The van der Waals surface area contributed by atoms with Gasteiger partial charge in [0.25, 0.3) is 0 Å². The van der Waals surface area contributed by atoms with Crippen molar-refractivity contribution in [3.8, 4) is 5.75 Å². The standard InChI is InChI=1S/C17H24O2.C9H13.C2H7Si.Ti/c1-6-15(18-5)12-14(17(2,3)4)13-19-16-10-8-7-9-11-16;1-6-5-7(2)9(4)8(6)3;1-3-2;/h6-12H,13H2,1-5H3;6H,1-4H3;3H,1-2H3;. The molecule has 1 aliphatic carbocycles. The second-order valence-corrected chi connectivity index (χ2v) is 20.0. The van der Waals surface area contributed by atoms with Crippen molar-refractivity contribution in [1.82, 2.24) is 0 Å². The molecule has 1 aliphatic rings. The van der Waals surface area contributed by atoms with Gasteiger partial charge in [-0.3, -0.25) is 0 Å². The largest absolute Gasteiger partial charge is 0.497 e. The van der Waals surface area contributed by atoms with Gasteiger partial charge in [-0.2, -0.15) is 0 Å². The van der Waals surface area contributed by atoms with E-state index in [9.17, 15) is 0 Å². The van der Waals surface area contributed by atoms with E-state index in [1.54, 1.807) is 23.8 Å². The maximum Gasteiger partial charge on any atom is 0.119 e. The van der Waals surface area contributed by atoms with Crippen LogP contribution in [0.2, 0.25) is 13.1 Å². The van der Waals surface area contributed by atoms with E-state index in [4.69, 9.17) is 9.47 Å². The minimum atomic E-state index is -0.315. The Morgan fingerprint density at radius 2 is 1.66 bits per heavy atom. The number of hydrogen-bond donors (Lipinski definition) is 0. The molecule has 0 heterocycles. The molecule has 0 spiro atoms. The van der Waals surface area contributed by atoms with E-state index in [1.807, 2.05) is 47.2 Å². The zero-order valence-electron chi connectivity index (χ0n) is 22.2. The molecule has 2 rings (SSSR count). The molecule has 1 aromatic carbocycles. The Hall–Kier alpha value is -1.29. The molecule has 1 atom stereocenters. The topological polar surface area (TPSA) is 18.5 Å². The minimum absolute atomic E-state index is 0.0432. The van der Waals surface area contributed by atoms with Crippen molar-refractivity contribution in [2.45, 2.75) is 68.5 Å². The molecule has 0 radical (unpaired) electrons. The van der Waals surface area contributed by atoms with Gasteiger partial charge in [0.15, 0.2) is 0 Å². The van der Waals surface area contributed by atoms with Crippen LogP contribution in [0, 0.1) is 11.3 Å². The van der Waals surface area contributed by atoms with Crippen molar-refractivity contribution in [3.63, 3.8) is 0 Å². The summed E-state index contributed by atoms with van der Waals surface area (Å²) in [6, 6.07) is 9.86. The van der Waals surface area contributed by atoms with Crippen LogP contribution in [0.5, 0.6) is 5.75 Å². The van der Waals surface area contributed by atoms with Gasteiger partial charge in [0, 0.05) is 0 Å². The zero-order chi connectivity index (χ0) is 24.5. The fraction of sp³-hybridized carbons (Fsp3) is 0.500. The molecule has 4 heteroatoms. The number of benzene rings is 1. The van der Waals surface area contributed by atoms with E-state index < -0.39 is 0 Å². The van der Waals surface area contributed by atoms with Gasteiger partial charge in [0.1, 0.15) is 18.1 Å². The van der Waals surface area contributed by atoms with Crippen LogP contribution in [-0.4, -0.2) is 20.4 Å².